The molecule has 0 fully saturated rings. The van der Waals surface area contributed by atoms with E-state index in [-0.39, 0.29) is 24.5 Å². The van der Waals surface area contributed by atoms with E-state index in [2.05, 4.69) is 27.3 Å². The number of fused-ring (bicyclic) bond motifs is 1. The molecule has 0 saturated carbocycles. The van der Waals surface area contributed by atoms with Gasteiger partial charge in [-0.15, -0.1) is 0 Å². The van der Waals surface area contributed by atoms with Gasteiger partial charge in [-0.1, -0.05) is 48.3 Å². The SMILES string of the molecule is CN1N=C(c2ccc(C(=O)NC3C#CC/C=C\C=C/3)cc2)C2C1=C(CO)C=NC2N. The van der Waals surface area contributed by atoms with Gasteiger partial charge in [0.2, 0.25) is 0 Å². The number of hydrogen-bond acceptors (Lipinski definition) is 6. The number of dihydropyridines is 1. The summed E-state index contributed by atoms with van der Waals surface area (Å²) in [5, 5.41) is 18.9. The fourth-order valence-electron chi connectivity index (χ4n) is 3.73. The molecule has 0 saturated heterocycles. The van der Waals surface area contributed by atoms with Crippen molar-refractivity contribution in [3.8, 4) is 11.8 Å². The van der Waals surface area contributed by atoms with E-state index in [0.717, 1.165) is 17.0 Å². The van der Waals surface area contributed by atoms with E-state index in [1.807, 2.05) is 43.5 Å². The lowest BCUT2D eigenvalue weighted by Gasteiger charge is -2.26. The Balaban J connectivity index is 1.53. The molecule has 3 atom stereocenters. The van der Waals surface area contributed by atoms with Crippen molar-refractivity contribution in [1.29, 1.82) is 0 Å². The summed E-state index contributed by atoms with van der Waals surface area (Å²) in [6.07, 6.45) is 9.45. The van der Waals surface area contributed by atoms with Crippen LogP contribution in [0, 0.1) is 17.8 Å². The Kier molecular flexibility index (Phi) is 5.61. The van der Waals surface area contributed by atoms with E-state index < -0.39 is 6.17 Å². The average molecular weight is 401 g/mol. The Labute approximate surface area is 175 Å². The first-order chi connectivity index (χ1) is 14.6. The summed E-state index contributed by atoms with van der Waals surface area (Å²) in [5.74, 6) is 5.62. The number of allylic oxidation sites excluding steroid dienone is 3. The highest BCUT2D eigenvalue weighted by molar-refractivity contribution is 6.07. The fourth-order valence-corrected chi connectivity index (χ4v) is 3.73. The molecule has 4 rings (SSSR count). The van der Waals surface area contributed by atoms with E-state index in [1.165, 1.54) is 0 Å². The van der Waals surface area contributed by atoms with Gasteiger partial charge in [-0.05, 0) is 17.7 Å². The van der Waals surface area contributed by atoms with Crippen LogP contribution in [-0.4, -0.2) is 53.8 Å². The fraction of sp³-hybridized carbons (Fsp3) is 0.261. The number of nitrogens with two attached hydrogens (primary N) is 1. The molecule has 4 N–H and O–H groups in total. The lowest BCUT2D eigenvalue weighted by molar-refractivity contribution is 0.0951. The molecule has 152 valence electrons. The molecule has 0 bridgehead atoms. The van der Waals surface area contributed by atoms with Crippen LogP contribution in [0.25, 0.3) is 0 Å². The van der Waals surface area contributed by atoms with Gasteiger partial charge in [-0.3, -0.25) is 14.8 Å². The van der Waals surface area contributed by atoms with Gasteiger partial charge in [0, 0.05) is 30.8 Å². The van der Waals surface area contributed by atoms with E-state index in [1.54, 1.807) is 23.4 Å². The number of carbonyl (C=O) groups excluding carboxylic acids is 1. The summed E-state index contributed by atoms with van der Waals surface area (Å²) in [5.41, 5.74) is 9.97. The number of nitrogens with zero attached hydrogens (tertiary/aromatic N) is 3. The number of benzene rings is 1. The van der Waals surface area contributed by atoms with Crippen LogP contribution in [0.2, 0.25) is 0 Å². The molecule has 0 spiro atoms. The first kappa shape index (κ1) is 19.8. The van der Waals surface area contributed by atoms with Crippen LogP contribution in [-0.2, 0) is 0 Å². The zero-order chi connectivity index (χ0) is 21.1. The van der Waals surface area contributed by atoms with Crippen LogP contribution in [0.3, 0.4) is 0 Å². The highest BCUT2D eigenvalue weighted by Gasteiger charge is 2.39. The van der Waals surface area contributed by atoms with Crippen molar-refractivity contribution in [2.24, 2.45) is 21.7 Å². The summed E-state index contributed by atoms with van der Waals surface area (Å²) in [4.78, 5) is 16.9. The van der Waals surface area contributed by atoms with E-state index >= 15 is 0 Å². The molecule has 7 heteroatoms. The predicted molar refractivity (Wildman–Crippen MR) is 117 cm³/mol. The Morgan fingerprint density at radius 1 is 1.33 bits per heavy atom. The van der Waals surface area contributed by atoms with Gasteiger partial charge in [0.1, 0.15) is 12.2 Å². The topological polar surface area (TPSA) is 103 Å². The molecule has 1 aliphatic carbocycles. The molecule has 1 aromatic carbocycles. The molecule has 30 heavy (non-hydrogen) atoms. The van der Waals surface area contributed by atoms with Gasteiger partial charge in [0.15, 0.2) is 0 Å². The van der Waals surface area contributed by atoms with E-state index in [4.69, 9.17) is 5.73 Å². The summed E-state index contributed by atoms with van der Waals surface area (Å²) >= 11 is 0. The molecule has 2 aliphatic heterocycles. The standard InChI is InChI=1S/C23H23N5O2/c1-28-21-17(14-29)13-25-22(24)19(21)20(27-28)15-9-11-16(12-10-15)23(30)26-18-7-5-3-2-4-6-8-18/h2-3,5,7,9-13,18-19,22,29H,4,14,24H2,1H3,(H,26,30)/b3-2-,7-5-. The molecule has 3 aliphatic rings. The van der Waals surface area contributed by atoms with Crippen LogP contribution in [0.5, 0.6) is 0 Å². The smallest absolute Gasteiger partial charge is 0.252 e. The van der Waals surface area contributed by atoms with Gasteiger partial charge < -0.3 is 16.2 Å². The molecule has 0 radical (unpaired) electrons. The second kappa shape index (κ2) is 8.49. The number of aliphatic hydroxyl groups is 1. The molecular formula is C23H23N5O2. The second-order valence-electron chi connectivity index (χ2n) is 7.19. The highest BCUT2D eigenvalue weighted by atomic mass is 16.3. The van der Waals surface area contributed by atoms with Gasteiger partial charge in [-0.2, -0.15) is 5.10 Å². The Hall–Kier alpha value is -3.47. The lowest BCUT2D eigenvalue weighted by Crippen LogP contribution is -2.38. The number of rotatable bonds is 4. The van der Waals surface area contributed by atoms with Crippen LogP contribution < -0.4 is 11.1 Å². The third kappa shape index (κ3) is 3.83. The number of hydrogen-bond donors (Lipinski definition) is 3. The van der Waals surface area contributed by atoms with Crippen molar-refractivity contribution in [3.63, 3.8) is 0 Å². The van der Waals surface area contributed by atoms with Gasteiger partial charge in [0.25, 0.3) is 5.91 Å². The first-order valence-corrected chi connectivity index (χ1v) is 9.76. The molecule has 3 unspecified atom stereocenters. The Bertz CT molecular complexity index is 1050. The van der Waals surface area contributed by atoms with E-state index in [0.29, 0.717) is 17.6 Å². The molecular weight excluding hydrogens is 378 g/mol. The predicted octanol–water partition coefficient (Wildman–Crippen LogP) is 1.19. The summed E-state index contributed by atoms with van der Waals surface area (Å²) in [6.45, 7) is -0.122. The van der Waals surface area contributed by atoms with Crippen LogP contribution >= 0.6 is 0 Å². The lowest BCUT2D eigenvalue weighted by atomic mass is 9.88. The molecule has 7 nitrogen and oxygen atoms in total. The van der Waals surface area contributed by atoms with Crippen LogP contribution in [0.1, 0.15) is 22.3 Å². The molecule has 1 amide bonds. The molecule has 2 heterocycles. The number of aliphatic hydroxyl groups excluding tert-OH is 1. The molecule has 0 aromatic heterocycles. The minimum atomic E-state index is -0.472. The number of aliphatic imine (C=N–C) groups is 1. The number of nitrogens with one attached hydrogen (secondary N) is 1. The first-order valence-electron chi connectivity index (χ1n) is 9.76. The van der Waals surface area contributed by atoms with Gasteiger partial charge in [0.05, 0.1) is 23.9 Å². The molecule has 1 aromatic rings. The van der Waals surface area contributed by atoms with Crippen molar-refractivity contribution < 1.29 is 9.90 Å². The summed E-state index contributed by atoms with van der Waals surface area (Å²) in [7, 11) is 1.83. The maximum absolute atomic E-state index is 12.6. The maximum atomic E-state index is 12.6. The summed E-state index contributed by atoms with van der Waals surface area (Å²) in [6, 6.07) is 6.92. The third-order valence-corrected chi connectivity index (χ3v) is 5.20. The number of carbonyl (C=O) groups is 1. The van der Waals surface area contributed by atoms with Crippen molar-refractivity contribution in [2.45, 2.75) is 18.6 Å². The van der Waals surface area contributed by atoms with Crippen molar-refractivity contribution in [3.05, 3.63) is 71.0 Å². The zero-order valence-electron chi connectivity index (χ0n) is 16.6. The minimum Gasteiger partial charge on any atom is -0.392 e. The van der Waals surface area contributed by atoms with Crippen LogP contribution in [0.15, 0.2) is 69.9 Å². The average Bonchev–Trinajstić information content (AvgIpc) is 3.09. The van der Waals surface area contributed by atoms with Gasteiger partial charge >= 0.3 is 0 Å². The van der Waals surface area contributed by atoms with Crippen LogP contribution in [0.4, 0.5) is 0 Å². The largest absolute Gasteiger partial charge is 0.392 e. The zero-order valence-corrected chi connectivity index (χ0v) is 16.6. The number of hydrazone groups is 1. The Morgan fingerprint density at radius 2 is 2.13 bits per heavy atom. The maximum Gasteiger partial charge on any atom is 0.252 e. The number of amides is 1. The minimum absolute atomic E-state index is 0.122. The van der Waals surface area contributed by atoms with Crippen molar-refractivity contribution in [1.82, 2.24) is 10.3 Å². The van der Waals surface area contributed by atoms with Gasteiger partial charge in [-0.25, -0.2) is 0 Å². The Morgan fingerprint density at radius 3 is 2.90 bits per heavy atom. The van der Waals surface area contributed by atoms with Crippen molar-refractivity contribution >= 4 is 17.8 Å². The summed E-state index contributed by atoms with van der Waals surface area (Å²) < 4.78 is 0. The van der Waals surface area contributed by atoms with E-state index in [9.17, 15) is 9.90 Å². The quantitative estimate of drug-likeness (QED) is 0.659. The van der Waals surface area contributed by atoms with Crippen molar-refractivity contribution in [2.75, 3.05) is 13.7 Å². The monoisotopic (exact) mass is 401 g/mol. The highest BCUT2D eigenvalue weighted by Crippen LogP contribution is 2.34. The third-order valence-electron chi connectivity index (χ3n) is 5.20. The second-order valence-corrected chi connectivity index (χ2v) is 7.19. The normalized spacial score (nSPS) is 26.7.